The molecule has 0 bridgehead atoms. The van der Waals surface area contributed by atoms with E-state index in [9.17, 15) is 14.9 Å². The molecule has 2 N–H and O–H groups in total. The summed E-state index contributed by atoms with van der Waals surface area (Å²) in [5.41, 5.74) is 7.20. The van der Waals surface area contributed by atoms with E-state index >= 15 is 0 Å². The molecule has 0 unspecified atom stereocenters. The molecule has 0 radical (unpaired) electrons. The summed E-state index contributed by atoms with van der Waals surface area (Å²) in [6, 6.07) is 10.7. The lowest BCUT2D eigenvalue weighted by Crippen LogP contribution is -2.30. The van der Waals surface area contributed by atoms with Crippen LogP contribution < -0.4 is 15.6 Å². The third kappa shape index (κ3) is 5.56. The molecule has 8 nitrogen and oxygen atoms in total. The van der Waals surface area contributed by atoms with Gasteiger partial charge in [0.25, 0.3) is 11.6 Å². The van der Waals surface area contributed by atoms with Gasteiger partial charge in [0.15, 0.2) is 0 Å². The Morgan fingerprint density at radius 2 is 1.90 bits per heavy atom. The quantitative estimate of drug-likeness (QED) is 0.412. The number of rotatable bonds is 7. The number of aryl methyl sites for hydroxylation is 2. The molecule has 1 saturated heterocycles. The summed E-state index contributed by atoms with van der Waals surface area (Å²) in [5.74, 6) is -0.297. The highest BCUT2D eigenvalue weighted by Gasteiger charge is 2.17. The Labute approximate surface area is 176 Å². The van der Waals surface area contributed by atoms with Crippen LogP contribution in [0.4, 0.5) is 17.1 Å². The van der Waals surface area contributed by atoms with Crippen molar-refractivity contribution in [3.63, 3.8) is 0 Å². The van der Waals surface area contributed by atoms with Gasteiger partial charge in [0.2, 0.25) is 0 Å². The second-order valence-electron chi connectivity index (χ2n) is 7.49. The zero-order valence-electron chi connectivity index (χ0n) is 17.4. The molecule has 8 heteroatoms. The van der Waals surface area contributed by atoms with E-state index < -0.39 is 4.92 Å². The van der Waals surface area contributed by atoms with Crippen LogP contribution in [0.25, 0.3) is 0 Å². The van der Waals surface area contributed by atoms with E-state index in [4.69, 9.17) is 0 Å². The minimum absolute atomic E-state index is 0.0000523. The Bertz CT molecular complexity index is 952. The molecule has 0 spiro atoms. The number of nitro groups is 1. The molecule has 1 heterocycles. The first kappa shape index (κ1) is 21.3. The average Bonchev–Trinajstić information content (AvgIpc) is 2.75. The van der Waals surface area contributed by atoms with E-state index in [2.05, 4.69) is 20.7 Å². The van der Waals surface area contributed by atoms with Crippen molar-refractivity contribution in [2.45, 2.75) is 33.1 Å². The SMILES string of the molecule is Cc1ccc(NCC(=O)N/N=C\c2cc([N+](=O)[O-])ccc2N2CCCCC2)cc1C. The molecule has 0 aliphatic carbocycles. The number of benzene rings is 2. The summed E-state index contributed by atoms with van der Waals surface area (Å²) in [7, 11) is 0. The van der Waals surface area contributed by atoms with Gasteiger partial charge in [0.1, 0.15) is 0 Å². The van der Waals surface area contributed by atoms with Gasteiger partial charge in [-0.05, 0) is 62.4 Å². The third-order valence-electron chi connectivity index (χ3n) is 5.27. The van der Waals surface area contributed by atoms with Gasteiger partial charge >= 0.3 is 0 Å². The fourth-order valence-corrected chi connectivity index (χ4v) is 3.43. The molecule has 2 aromatic rings. The molecule has 3 rings (SSSR count). The van der Waals surface area contributed by atoms with E-state index in [-0.39, 0.29) is 18.1 Å². The molecule has 1 aliphatic heterocycles. The number of amides is 1. The Hall–Kier alpha value is -3.42. The number of anilines is 2. The van der Waals surface area contributed by atoms with Crippen LogP contribution in [0.5, 0.6) is 0 Å². The number of carbonyl (C=O) groups excluding carboxylic acids is 1. The van der Waals surface area contributed by atoms with Crippen LogP contribution in [-0.4, -0.2) is 36.7 Å². The Morgan fingerprint density at radius 3 is 2.60 bits per heavy atom. The zero-order chi connectivity index (χ0) is 21.5. The highest BCUT2D eigenvalue weighted by atomic mass is 16.6. The van der Waals surface area contributed by atoms with Gasteiger partial charge in [-0.15, -0.1) is 0 Å². The van der Waals surface area contributed by atoms with Crippen LogP contribution in [0.3, 0.4) is 0 Å². The molecule has 1 amide bonds. The van der Waals surface area contributed by atoms with Crippen LogP contribution in [0.1, 0.15) is 36.0 Å². The highest BCUT2D eigenvalue weighted by Crippen LogP contribution is 2.26. The maximum absolute atomic E-state index is 12.1. The number of piperidine rings is 1. The van der Waals surface area contributed by atoms with Gasteiger partial charge in [-0.3, -0.25) is 14.9 Å². The number of hydrogen-bond donors (Lipinski definition) is 2. The smallest absolute Gasteiger partial charge is 0.270 e. The van der Waals surface area contributed by atoms with Crippen molar-refractivity contribution in [3.05, 3.63) is 63.2 Å². The molecular formula is C22H27N5O3. The summed E-state index contributed by atoms with van der Waals surface area (Å²) >= 11 is 0. The first-order valence-electron chi connectivity index (χ1n) is 10.1. The van der Waals surface area contributed by atoms with Crippen LogP contribution in [0.2, 0.25) is 0 Å². The maximum Gasteiger partial charge on any atom is 0.270 e. The van der Waals surface area contributed by atoms with Gasteiger partial charge < -0.3 is 10.2 Å². The van der Waals surface area contributed by atoms with E-state index in [0.29, 0.717) is 5.56 Å². The van der Waals surface area contributed by atoms with Crippen molar-refractivity contribution in [1.29, 1.82) is 0 Å². The summed E-state index contributed by atoms with van der Waals surface area (Å²) in [6.45, 7) is 5.94. The van der Waals surface area contributed by atoms with Crippen molar-refractivity contribution in [2.24, 2.45) is 5.10 Å². The second-order valence-corrected chi connectivity index (χ2v) is 7.49. The van der Waals surface area contributed by atoms with Gasteiger partial charge in [-0.25, -0.2) is 5.43 Å². The van der Waals surface area contributed by atoms with Crippen molar-refractivity contribution >= 4 is 29.2 Å². The molecule has 0 aromatic heterocycles. The number of nitro benzene ring substituents is 1. The average molecular weight is 409 g/mol. The number of nitrogens with zero attached hydrogens (tertiary/aromatic N) is 3. The third-order valence-corrected chi connectivity index (χ3v) is 5.27. The fraction of sp³-hybridized carbons (Fsp3) is 0.364. The van der Waals surface area contributed by atoms with Gasteiger partial charge in [-0.2, -0.15) is 5.10 Å². The topological polar surface area (TPSA) is 99.9 Å². The van der Waals surface area contributed by atoms with Crippen molar-refractivity contribution in [3.8, 4) is 0 Å². The minimum atomic E-state index is -0.427. The molecular weight excluding hydrogens is 382 g/mol. The largest absolute Gasteiger partial charge is 0.376 e. The van der Waals surface area contributed by atoms with Crippen LogP contribution >= 0.6 is 0 Å². The predicted octanol–water partition coefficient (Wildman–Crippen LogP) is 3.76. The maximum atomic E-state index is 12.1. The predicted molar refractivity (Wildman–Crippen MR) is 119 cm³/mol. The molecule has 1 fully saturated rings. The van der Waals surface area contributed by atoms with Crippen molar-refractivity contribution in [1.82, 2.24) is 5.43 Å². The minimum Gasteiger partial charge on any atom is -0.376 e. The lowest BCUT2D eigenvalue weighted by atomic mass is 10.1. The molecule has 0 atom stereocenters. The molecule has 2 aromatic carbocycles. The molecule has 158 valence electrons. The summed E-state index contributed by atoms with van der Waals surface area (Å²) in [6.07, 6.45) is 4.85. The standard InChI is InChI=1S/C22H27N5O3/c1-16-6-7-19(12-17(16)2)23-15-22(28)25-24-14-18-13-20(27(29)30)8-9-21(18)26-10-4-3-5-11-26/h6-9,12-14,23H,3-5,10-11,15H2,1-2H3,(H,25,28)/b24-14-. The van der Waals surface area contributed by atoms with Crippen molar-refractivity contribution < 1.29 is 9.72 Å². The number of hydrogen-bond acceptors (Lipinski definition) is 6. The van der Waals surface area contributed by atoms with E-state index in [0.717, 1.165) is 42.9 Å². The summed E-state index contributed by atoms with van der Waals surface area (Å²) in [4.78, 5) is 25.1. The Kier molecular flexibility index (Phi) is 7.00. The zero-order valence-corrected chi connectivity index (χ0v) is 17.4. The molecule has 30 heavy (non-hydrogen) atoms. The monoisotopic (exact) mass is 409 g/mol. The number of hydrazone groups is 1. The van der Waals surface area contributed by atoms with Gasteiger partial charge in [-0.1, -0.05) is 6.07 Å². The number of carbonyl (C=O) groups is 1. The normalized spacial score (nSPS) is 14.0. The number of nitrogens with one attached hydrogen (secondary N) is 2. The second kappa shape index (κ2) is 9.87. The van der Waals surface area contributed by atoms with Crippen LogP contribution in [0, 0.1) is 24.0 Å². The van der Waals surface area contributed by atoms with Gasteiger partial charge in [0, 0.05) is 42.2 Å². The first-order chi connectivity index (χ1) is 14.4. The fourth-order valence-electron chi connectivity index (χ4n) is 3.43. The number of non-ortho nitro benzene ring substituents is 1. The lowest BCUT2D eigenvalue weighted by Gasteiger charge is -2.29. The Balaban J connectivity index is 1.64. The van der Waals surface area contributed by atoms with E-state index in [1.54, 1.807) is 6.07 Å². The molecule has 0 saturated carbocycles. The first-order valence-corrected chi connectivity index (χ1v) is 10.1. The van der Waals surface area contributed by atoms with Gasteiger partial charge in [0.05, 0.1) is 17.7 Å². The Morgan fingerprint density at radius 1 is 1.13 bits per heavy atom. The van der Waals surface area contributed by atoms with E-state index in [1.807, 2.05) is 32.0 Å². The lowest BCUT2D eigenvalue weighted by molar-refractivity contribution is -0.384. The molecule has 1 aliphatic rings. The highest BCUT2D eigenvalue weighted by molar-refractivity contribution is 5.90. The summed E-state index contributed by atoms with van der Waals surface area (Å²) in [5, 5.41) is 18.2. The van der Waals surface area contributed by atoms with Crippen molar-refractivity contribution in [2.75, 3.05) is 29.9 Å². The van der Waals surface area contributed by atoms with Crippen LogP contribution in [0.15, 0.2) is 41.5 Å². The summed E-state index contributed by atoms with van der Waals surface area (Å²) < 4.78 is 0. The van der Waals surface area contributed by atoms with E-state index in [1.165, 1.54) is 30.3 Å². The van der Waals surface area contributed by atoms with Crippen LogP contribution in [-0.2, 0) is 4.79 Å².